The summed E-state index contributed by atoms with van der Waals surface area (Å²) in [7, 11) is 1.62. The van der Waals surface area contributed by atoms with Crippen molar-refractivity contribution in [1.29, 1.82) is 0 Å². The number of nitrogens with one attached hydrogen (secondary N) is 2. The molecule has 1 atom stereocenters. The maximum atomic E-state index is 12.8. The lowest BCUT2D eigenvalue weighted by atomic mass is 10.1. The van der Waals surface area contributed by atoms with Crippen LogP contribution in [0.4, 0.5) is 5.69 Å². The van der Waals surface area contributed by atoms with Crippen molar-refractivity contribution in [2.45, 2.75) is 25.8 Å². The Kier molecular flexibility index (Phi) is 7.22. The fourth-order valence-electron chi connectivity index (χ4n) is 3.26. The normalized spacial score (nSPS) is 11.4. The average Bonchev–Trinajstić information content (AvgIpc) is 2.78. The van der Waals surface area contributed by atoms with Crippen molar-refractivity contribution >= 4 is 17.5 Å². The van der Waals surface area contributed by atoms with Gasteiger partial charge in [-0.2, -0.15) is 0 Å². The summed E-state index contributed by atoms with van der Waals surface area (Å²) in [4.78, 5) is 25.3. The SMILES string of the molecule is COc1ccccc1CCC(=O)Nc1ccccc1C(=O)NC(C)c1ccccc1. The predicted octanol–water partition coefficient (Wildman–Crippen LogP) is 4.76. The molecule has 5 nitrogen and oxygen atoms in total. The van der Waals surface area contributed by atoms with Gasteiger partial charge in [0.25, 0.3) is 5.91 Å². The Morgan fingerprint density at radius 2 is 1.57 bits per heavy atom. The standard InChI is InChI=1S/C25H26N2O3/c1-18(19-10-4-3-5-11-19)26-25(29)21-13-7-8-14-22(21)27-24(28)17-16-20-12-6-9-15-23(20)30-2/h3-15,18H,16-17H2,1-2H3,(H,26,29)(H,27,28). The molecule has 5 heteroatoms. The highest BCUT2D eigenvalue weighted by atomic mass is 16.5. The number of benzene rings is 3. The Hall–Kier alpha value is -3.60. The van der Waals surface area contributed by atoms with Crippen LogP contribution < -0.4 is 15.4 Å². The zero-order valence-corrected chi connectivity index (χ0v) is 17.2. The Balaban J connectivity index is 1.64. The van der Waals surface area contributed by atoms with Gasteiger partial charge in [0, 0.05) is 6.42 Å². The number of carbonyl (C=O) groups excluding carboxylic acids is 2. The molecule has 0 heterocycles. The molecule has 0 saturated heterocycles. The molecule has 0 bridgehead atoms. The van der Waals surface area contributed by atoms with E-state index < -0.39 is 0 Å². The Morgan fingerprint density at radius 3 is 2.33 bits per heavy atom. The molecule has 0 aliphatic carbocycles. The Morgan fingerprint density at radius 1 is 0.900 bits per heavy atom. The van der Waals surface area contributed by atoms with Gasteiger partial charge in [-0.15, -0.1) is 0 Å². The van der Waals surface area contributed by atoms with E-state index >= 15 is 0 Å². The molecule has 1 unspecified atom stereocenters. The number of amides is 2. The van der Waals surface area contributed by atoms with Crippen LogP contribution in [0, 0.1) is 0 Å². The minimum Gasteiger partial charge on any atom is -0.496 e. The van der Waals surface area contributed by atoms with Crippen molar-refractivity contribution < 1.29 is 14.3 Å². The van der Waals surface area contributed by atoms with Gasteiger partial charge < -0.3 is 15.4 Å². The highest BCUT2D eigenvalue weighted by Crippen LogP contribution is 2.21. The molecule has 0 saturated carbocycles. The van der Waals surface area contributed by atoms with Crippen LogP contribution in [-0.2, 0) is 11.2 Å². The predicted molar refractivity (Wildman–Crippen MR) is 119 cm³/mol. The monoisotopic (exact) mass is 402 g/mol. The van der Waals surface area contributed by atoms with Crippen LogP contribution in [0.3, 0.4) is 0 Å². The third-order valence-electron chi connectivity index (χ3n) is 4.91. The average molecular weight is 402 g/mol. The van der Waals surface area contributed by atoms with E-state index in [4.69, 9.17) is 4.74 Å². The van der Waals surface area contributed by atoms with Gasteiger partial charge in [-0.1, -0.05) is 60.7 Å². The van der Waals surface area contributed by atoms with E-state index in [0.717, 1.165) is 16.9 Å². The van der Waals surface area contributed by atoms with Gasteiger partial charge in [0.05, 0.1) is 24.4 Å². The first-order chi connectivity index (χ1) is 14.6. The molecule has 3 aromatic rings. The third kappa shape index (κ3) is 5.47. The fourth-order valence-corrected chi connectivity index (χ4v) is 3.26. The molecule has 0 radical (unpaired) electrons. The van der Waals surface area contributed by atoms with Crippen molar-refractivity contribution in [3.05, 3.63) is 95.6 Å². The molecule has 154 valence electrons. The second-order valence-electron chi connectivity index (χ2n) is 7.01. The summed E-state index contributed by atoms with van der Waals surface area (Å²) in [5.74, 6) is 0.379. The van der Waals surface area contributed by atoms with Gasteiger partial charge in [-0.05, 0) is 42.7 Å². The van der Waals surface area contributed by atoms with Gasteiger partial charge >= 0.3 is 0 Å². The van der Waals surface area contributed by atoms with Gasteiger partial charge in [-0.25, -0.2) is 0 Å². The molecule has 0 aliphatic rings. The van der Waals surface area contributed by atoms with Crippen molar-refractivity contribution in [1.82, 2.24) is 5.32 Å². The molecule has 0 spiro atoms. The molecule has 0 fully saturated rings. The molecule has 0 aromatic heterocycles. The molecule has 3 rings (SSSR count). The van der Waals surface area contributed by atoms with E-state index in [1.807, 2.05) is 61.5 Å². The summed E-state index contributed by atoms with van der Waals surface area (Å²) in [6.45, 7) is 1.93. The quantitative estimate of drug-likeness (QED) is 0.571. The summed E-state index contributed by atoms with van der Waals surface area (Å²) in [5.41, 5.74) is 2.92. The first-order valence-electron chi connectivity index (χ1n) is 9.95. The van der Waals surface area contributed by atoms with E-state index in [-0.39, 0.29) is 24.3 Å². The third-order valence-corrected chi connectivity index (χ3v) is 4.91. The number of hydrogen-bond donors (Lipinski definition) is 2. The number of ether oxygens (including phenoxy) is 1. The molecule has 3 aromatic carbocycles. The zero-order valence-electron chi connectivity index (χ0n) is 17.2. The van der Waals surface area contributed by atoms with Crippen LogP contribution in [0.1, 0.15) is 40.9 Å². The molecule has 2 amide bonds. The Labute approximate surface area is 177 Å². The number of anilines is 1. The van der Waals surface area contributed by atoms with E-state index in [1.54, 1.807) is 31.4 Å². The summed E-state index contributed by atoms with van der Waals surface area (Å²) < 4.78 is 5.34. The highest BCUT2D eigenvalue weighted by Gasteiger charge is 2.16. The van der Waals surface area contributed by atoms with Crippen LogP contribution in [0.5, 0.6) is 5.75 Å². The van der Waals surface area contributed by atoms with E-state index in [2.05, 4.69) is 10.6 Å². The second-order valence-corrected chi connectivity index (χ2v) is 7.01. The van der Waals surface area contributed by atoms with Crippen molar-refractivity contribution in [2.24, 2.45) is 0 Å². The summed E-state index contributed by atoms with van der Waals surface area (Å²) >= 11 is 0. The number of hydrogen-bond acceptors (Lipinski definition) is 3. The van der Waals surface area contributed by atoms with Crippen LogP contribution in [0.15, 0.2) is 78.9 Å². The number of para-hydroxylation sites is 2. The molecular weight excluding hydrogens is 376 g/mol. The Bertz CT molecular complexity index is 1000. The summed E-state index contributed by atoms with van der Waals surface area (Å²) in [5, 5.41) is 5.86. The minimum absolute atomic E-state index is 0.145. The van der Waals surface area contributed by atoms with Crippen LogP contribution >= 0.6 is 0 Å². The van der Waals surface area contributed by atoms with Gasteiger partial charge in [0.15, 0.2) is 0 Å². The zero-order chi connectivity index (χ0) is 21.3. The second kappa shape index (κ2) is 10.3. The molecule has 2 N–H and O–H groups in total. The number of aryl methyl sites for hydroxylation is 1. The minimum atomic E-state index is -0.230. The van der Waals surface area contributed by atoms with Crippen LogP contribution in [-0.4, -0.2) is 18.9 Å². The molecule has 0 aliphatic heterocycles. The van der Waals surface area contributed by atoms with Crippen molar-refractivity contribution in [2.75, 3.05) is 12.4 Å². The first-order valence-corrected chi connectivity index (χ1v) is 9.95. The lowest BCUT2D eigenvalue weighted by molar-refractivity contribution is -0.116. The van der Waals surface area contributed by atoms with Crippen molar-refractivity contribution in [3.63, 3.8) is 0 Å². The summed E-state index contributed by atoms with van der Waals surface area (Å²) in [6, 6.07) is 24.3. The lowest BCUT2D eigenvalue weighted by Crippen LogP contribution is -2.28. The maximum absolute atomic E-state index is 12.8. The first kappa shape index (κ1) is 21.1. The molecular formula is C25H26N2O3. The van der Waals surface area contributed by atoms with Crippen LogP contribution in [0.2, 0.25) is 0 Å². The largest absolute Gasteiger partial charge is 0.496 e. The highest BCUT2D eigenvalue weighted by molar-refractivity contribution is 6.03. The van der Waals surface area contributed by atoms with Gasteiger partial charge in [0.2, 0.25) is 5.91 Å². The van der Waals surface area contributed by atoms with Gasteiger partial charge in [0.1, 0.15) is 5.75 Å². The molecule has 30 heavy (non-hydrogen) atoms. The topological polar surface area (TPSA) is 67.4 Å². The van der Waals surface area contributed by atoms with Gasteiger partial charge in [-0.3, -0.25) is 9.59 Å². The van der Waals surface area contributed by atoms with E-state index in [0.29, 0.717) is 17.7 Å². The fraction of sp³-hybridized carbons (Fsp3) is 0.200. The van der Waals surface area contributed by atoms with Crippen molar-refractivity contribution in [3.8, 4) is 5.75 Å². The number of carbonyl (C=O) groups is 2. The number of rotatable bonds is 8. The number of methoxy groups -OCH3 is 1. The van der Waals surface area contributed by atoms with Crippen LogP contribution in [0.25, 0.3) is 0 Å². The lowest BCUT2D eigenvalue weighted by Gasteiger charge is -2.16. The van der Waals surface area contributed by atoms with E-state index in [1.165, 1.54) is 0 Å². The summed E-state index contributed by atoms with van der Waals surface area (Å²) in [6.07, 6.45) is 0.839. The smallest absolute Gasteiger partial charge is 0.253 e. The van der Waals surface area contributed by atoms with E-state index in [9.17, 15) is 9.59 Å². The maximum Gasteiger partial charge on any atom is 0.253 e.